The number of sulfonamides is 1. The van der Waals surface area contributed by atoms with E-state index in [0.717, 1.165) is 22.1 Å². The maximum atomic E-state index is 13.2. The summed E-state index contributed by atoms with van der Waals surface area (Å²) in [6.45, 7) is -0.190. The first-order valence-corrected chi connectivity index (χ1v) is 13.4. The van der Waals surface area contributed by atoms with Crippen molar-refractivity contribution in [1.29, 1.82) is 0 Å². The first-order valence-electron chi connectivity index (χ1n) is 11.9. The lowest BCUT2D eigenvalue weighted by Crippen LogP contribution is -2.28. The van der Waals surface area contributed by atoms with Crippen LogP contribution < -0.4 is 4.74 Å². The van der Waals surface area contributed by atoms with Crippen molar-refractivity contribution < 1.29 is 36.2 Å². The number of halogens is 3. The van der Waals surface area contributed by atoms with Crippen molar-refractivity contribution in [2.24, 2.45) is 7.05 Å². The molecular weight excluding hydrogens is 553 g/mol. The van der Waals surface area contributed by atoms with E-state index in [0.29, 0.717) is 23.4 Å². The van der Waals surface area contributed by atoms with Crippen LogP contribution in [0.1, 0.15) is 45.6 Å². The van der Waals surface area contributed by atoms with Crippen molar-refractivity contribution >= 4 is 16.0 Å². The van der Waals surface area contributed by atoms with Gasteiger partial charge in [0.15, 0.2) is 0 Å². The molecule has 2 aromatic carbocycles. The van der Waals surface area contributed by atoms with Crippen LogP contribution in [-0.2, 0) is 23.6 Å². The molecule has 0 spiro atoms. The van der Waals surface area contributed by atoms with Gasteiger partial charge in [-0.1, -0.05) is 29.5 Å². The Bertz CT molecular complexity index is 1680. The molecule has 5 rings (SSSR count). The summed E-state index contributed by atoms with van der Waals surface area (Å²) >= 11 is 0. The molecule has 0 radical (unpaired) electrons. The average Bonchev–Trinajstić information content (AvgIpc) is 3.32. The molecule has 0 bridgehead atoms. The van der Waals surface area contributed by atoms with Gasteiger partial charge < -0.3 is 9.84 Å². The van der Waals surface area contributed by atoms with E-state index < -0.39 is 33.0 Å². The fraction of sp³-hybridized carbons (Fsp3) is 0.280. The van der Waals surface area contributed by atoms with Gasteiger partial charge in [-0.25, -0.2) is 17.9 Å². The highest BCUT2D eigenvalue weighted by Gasteiger charge is 2.46. The number of carboxylic acid groups (broad SMARTS) is 1. The number of para-hydroxylation sites is 1. The normalized spacial score (nSPS) is 17.2. The van der Waals surface area contributed by atoms with E-state index >= 15 is 0 Å². The highest BCUT2D eigenvalue weighted by atomic mass is 32.2. The van der Waals surface area contributed by atoms with Crippen LogP contribution in [0, 0.1) is 0 Å². The lowest BCUT2D eigenvalue weighted by Gasteiger charge is -2.20. The minimum atomic E-state index is -5.07. The topological polar surface area (TPSA) is 132 Å². The van der Waals surface area contributed by atoms with Gasteiger partial charge in [0.05, 0.1) is 23.3 Å². The number of alkyl halides is 3. The maximum Gasteiger partial charge on any atom is 0.573 e. The molecule has 2 heterocycles. The molecule has 1 aliphatic rings. The van der Waals surface area contributed by atoms with Crippen molar-refractivity contribution in [3.8, 4) is 11.4 Å². The standard InChI is InChI=1S/C25H23F3N6O5S/c1-32-14-20(30-31-32)17-11-18(17)23-19(24(35)36)12-29-34(23)16-7-5-6-15(10-16)13-33(2)40(37,38)22-9-4-3-8-21(22)39-25(26,27)28/h3-10,12,14,17-18H,11,13H2,1-2H3,(H,35,36). The van der Waals surface area contributed by atoms with Crippen LogP contribution in [-0.4, -0.2) is 62.0 Å². The van der Waals surface area contributed by atoms with Gasteiger partial charge in [-0.05, 0) is 36.2 Å². The minimum Gasteiger partial charge on any atom is -0.478 e. The highest BCUT2D eigenvalue weighted by Crippen LogP contribution is 2.55. The van der Waals surface area contributed by atoms with Gasteiger partial charge >= 0.3 is 12.3 Å². The second kappa shape index (κ2) is 10.1. The Morgan fingerprint density at radius 3 is 2.60 bits per heavy atom. The SMILES string of the molecule is CN(Cc1cccc(-n2ncc(C(=O)O)c2C2CC2c2cn(C)nn2)c1)S(=O)(=O)c1ccccc1OC(F)(F)F. The van der Waals surface area contributed by atoms with Gasteiger partial charge in [0.2, 0.25) is 10.0 Å². The summed E-state index contributed by atoms with van der Waals surface area (Å²) in [6, 6.07) is 11.2. The number of rotatable bonds is 9. The van der Waals surface area contributed by atoms with Crippen LogP contribution in [0.5, 0.6) is 5.75 Å². The second-order valence-electron chi connectivity index (χ2n) is 9.35. The lowest BCUT2D eigenvalue weighted by atomic mass is 10.1. The Balaban J connectivity index is 1.43. The summed E-state index contributed by atoms with van der Waals surface area (Å²) in [4.78, 5) is 11.3. The molecule has 40 heavy (non-hydrogen) atoms. The number of aryl methyl sites for hydroxylation is 1. The number of carboxylic acids is 1. The minimum absolute atomic E-state index is 0.0271. The molecule has 11 nitrogen and oxygen atoms in total. The highest BCUT2D eigenvalue weighted by molar-refractivity contribution is 7.89. The van der Waals surface area contributed by atoms with Crippen LogP contribution in [0.2, 0.25) is 0 Å². The monoisotopic (exact) mass is 576 g/mol. The molecule has 210 valence electrons. The van der Waals surface area contributed by atoms with Crippen LogP contribution in [0.15, 0.2) is 65.8 Å². The van der Waals surface area contributed by atoms with E-state index in [9.17, 15) is 31.5 Å². The van der Waals surface area contributed by atoms with Crippen molar-refractivity contribution in [2.75, 3.05) is 7.05 Å². The zero-order valence-electron chi connectivity index (χ0n) is 21.1. The molecule has 2 unspecified atom stereocenters. The predicted molar refractivity (Wildman–Crippen MR) is 133 cm³/mol. The van der Waals surface area contributed by atoms with Crippen LogP contribution >= 0.6 is 0 Å². The smallest absolute Gasteiger partial charge is 0.478 e. The van der Waals surface area contributed by atoms with Crippen molar-refractivity contribution in [1.82, 2.24) is 29.1 Å². The molecule has 2 aromatic heterocycles. The van der Waals surface area contributed by atoms with E-state index in [1.165, 1.54) is 30.1 Å². The van der Waals surface area contributed by atoms with Gasteiger partial charge in [-0.2, -0.15) is 9.40 Å². The van der Waals surface area contributed by atoms with E-state index in [2.05, 4.69) is 20.1 Å². The maximum absolute atomic E-state index is 13.2. The number of hydrogen-bond donors (Lipinski definition) is 1. The Morgan fingerprint density at radius 1 is 1.18 bits per heavy atom. The molecule has 1 saturated carbocycles. The van der Waals surface area contributed by atoms with Gasteiger partial charge in [0, 0.05) is 38.7 Å². The summed E-state index contributed by atoms with van der Waals surface area (Å²) in [5.74, 6) is -2.16. The molecule has 2 atom stereocenters. The molecule has 15 heteroatoms. The first-order chi connectivity index (χ1) is 18.8. The van der Waals surface area contributed by atoms with Crippen LogP contribution in [0.3, 0.4) is 0 Å². The Labute approximate surface area is 226 Å². The number of aromatic carboxylic acids is 1. The number of hydrogen-bond acceptors (Lipinski definition) is 7. The van der Waals surface area contributed by atoms with Gasteiger partial charge in [-0.3, -0.25) is 4.68 Å². The first kappa shape index (κ1) is 27.3. The number of benzene rings is 2. The molecule has 0 aliphatic heterocycles. The fourth-order valence-corrected chi connectivity index (χ4v) is 5.88. The van der Waals surface area contributed by atoms with Gasteiger partial charge in [-0.15, -0.1) is 18.3 Å². The van der Waals surface area contributed by atoms with Crippen LogP contribution in [0.25, 0.3) is 5.69 Å². The molecule has 1 N–H and O–H groups in total. The summed E-state index contributed by atoms with van der Waals surface area (Å²) in [7, 11) is -1.40. The number of ether oxygens (including phenoxy) is 1. The summed E-state index contributed by atoms with van der Waals surface area (Å²) in [6.07, 6.45) is -1.36. The Hall–Kier alpha value is -4.24. The third-order valence-corrected chi connectivity index (χ3v) is 8.35. The van der Waals surface area contributed by atoms with Crippen molar-refractivity contribution in [3.05, 3.63) is 83.4 Å². The molecule has 1 aliphatic carbocycles. The predicted octanol–water partition coefficient (Wildman–Crippen LogP) is 3.69. The quantitative estimate of drug-likeness (QED) is 0.319. The summed E-state index contributed by atoms with van der Waals surface area (Å²) in [5, 5.41) is 22.2. The number of aromatic nitrogens is 5. The van der Waals surface area contributed by atoms with E-state index in [4.69, 9.17) is 0 Å². The second-order valence-corrected chi connectivity index (χ2v) is 11.4. The fourth-order valence-electron chi connectivity index (χ4n) is 4.61. The lowest BCUT2D eigenvalue weighted by molar-refractivity contribution is -0.275. The van der Waals surface area contributed by atoms with Crippen molar-refractivity contribution in [3.63, 3.8) is 0 Å². The molecule has 4 aromatic rings. The van der Waals surface area contributed by atoms with Crippen LogP contribution in [0.4, 0.5) is 13.2 Å². The molecule has 1 fully saturated rings. The van der Waals surface area contributed by atoms with Gasteiger partial charge in [0.1, 0.15) is 16.2 Å². The Kier molecular flexibility index (Phi) is 6.87. The molecule has 0 amide bonds. The third-order valence-electron chi connectivity index (χ3n) is 6.50. The largest absolute Gasteiger partial charge is 0.573 e. The number of carbonyl (C=O) groups is 1. The number of nitrogens with zero attached hydrogens (tertiary/aromatic N) is 6. The zero-order chi connectivity index (χ0) is 28.8. The Morgan fingerprint density at radius 2 is 1.93 bits per heavy atom. The van der Waals surface area contributed by atoms with E-state index in [-0.39, 0.29) is 23.9 Å². The molecule has 0 saturated heterocycles. The third kappa shape index (κ3) is 5.42. The van der Waals surface area contributed by atoms with E-state index in [1.807, 2.05) is 0 Å². The molecular formula is C25H23F3N6O5S. The van der Waals surface area contributed by atoms with E-state index in [1.54, 1.807) is 42.2 Å². The van der Waals surface area contributed by atoms with Gasteiger partial charge in [0.25, 0.3) is 0 Å². The van der Waals surface area contributed by atoms with Crippen molar-refractivity contribution in [2.45, 2.75) is 36.1 Å². The summed E-state index contributed by atoms with van der Waals surface area (Å²) in [5.41, 5.74) is 2.27. The summed E-state index contributed by atoms with van der Waals surface area (Å²) < 4.78 is 72.8. The zero-order valence-corrected chi connectivity index (χ0v) is 22.0. The average molecular weight is 577 g/mol.